The molecule has 0 aliphatic carbocycles. The molecule has 0 saturated carbocycles. The second-order valence-electron chi connectivity index (χ2n) is 5.76. The van der Waals surface area contributed by atoms with E-state index in [2.05, 4.69) is 48.4 Å². The lowest BCUT2D eigenvalue weighted by atomic mass is 10.1. The normalized spacial score (nSPS) is 10.9. The summed E-state index contributed by atoms with van der Waals surface area (Å²) in [6, 6.07) is 8.10. The van der Waals surface area contributed by atoms with Crippen molar-refractivity contribution in [1.29, 1.82) is 0 Å². The summed E-state index contributed by atoms with van der Waals surface area (Å²) in [6.07, 6.45) is 1.83. The quantitative estimate of drug-likeness (QED) is 0.853. The topological polar surface area (TPSA) is 68.0 Å². The molecule has 1 aromatic carbocycles. The third kappa shape index (κ3) is 4.69. The number of aryl methyl sites for hydroxylation is 2. The zero-order valence-electron chi connectivity index (χ0n) is 13.4. The zero-order valence-corrected chi connectivity index (χ0v) is 13.4. The van der Waals surface area contributed by atoms with Gasteiger partial charge in [-0.15, -0.1) is 0 Å². The van der Waals surface area contributed by atoms with Crippen LogP contribution in [0.2, 0.25) is 0 Å². The fourth-order valence-electron chi connectivity index (χ4n) is 1.99. The highest BCUT2D eigenvalue weighted by Gasteiger charge is 2.10. The van der Waals surface area contributed by atoms with Crippen molar-refractivity contribution in [2.24, 2.45) is 5.92 Å². The first-order valence-corrected chi connectivity index (χ1v) is 7.77. The molecular formula is C17H23N3O2. The zero-order chi connectivity index (χ0) is 15.9. The number of carbonyl (C=O) groups is 1. The van der Waals surface area contributed by atoms with Gasteiger partial charge in [0, 0.05) is 24.9 Å². The predicted octanol–water partition coefficient (Wildman–Crippen LogP) is 3.00. The number of amides is 1. The minimum absolute atomic E-state index is 0.0146. The van der Waals surface area contributed by atoms with Crippen LogP contribution in [0.15, 0.2) is 28.8 Å². The maximum absolute atomic E-state index is 11.7. The van der Waals surface area contributed by atoms with Gasteiger partial charge in [-0.05, 0) is 17.9 Å². The van der Waals surface area contributed by atoms with E-state index in [1.165, 1.54) is 5.56 Å². The Labute approximate surface area is 131 Å². The number of rotatable bonds is 7. The molecule has 1 aromatic heterocycles. The molecule has 0 aliphatic heterocycles. The van der Waals surface area contributed by atoms with E-state index >= 15 is 0 Å². The minimum atomic E-state index is 0.0146. The molecule has 5 heteroatoms. The van der Waals surface area contributed by atoms with Crippen molar-refractivity contribution >= 4 is 5.91 Å². The molecule has 0 aliphatic rings. The SMILES string of the molecule is CCc1ccc(-c2noc(CCC(=O)NCC(C)C)n2)cc1. The highest BCUT2D eigenvalue weighted by Crippen LogP contribution is 2.17. The Kier molecular flexibility index (Phi) is 5.69. The second-order valence-corrected chi connectivity index (χ2v) is 5.76. The summed E-state index contributed by atoms with van der Waals surface area (Å²) in [6.45, 7) is 6.94. The Morgan fingerprint density at radius 1 is 1.27 bits per heavy atom. The maximum atomic E-state index is 11.7. The Balaban J connectivity index is 1.89. The minimum Gasteiger partial charge on any atom is -0.356 e. The van der Waals surface area contributed by atoms with Gasteiger partial charge in [0.25, 0.3) is 0 Å². The lowest BCUT2D eigenvalue weighted by molar-refractivity contribution is -0.121. The number of nitrogens with zero attached hydrogens (tertiary/aromatic N) is 2. The largest absolute Gasteiger partial charge is 0.356 e. The highest BCUT2D eigenvalue weighted by atomic mass is 16.5. The van der Waals surface area contributed by atoms with Crippen LogP contribution in [-0.4, -0.2) is 22.6 Å². The first-order valence-electron chi connectivity index (χ1n) is 7.77. The summed E-state index contributed by atoms with van der Waals surface area (Å²) < 4.78 is 5.21. The van der Waals surface area contributed by atoms with E-state index in [1.807, 2.05) is 12.1 Å². The standard InChI is InChI=1S/C17H23N3O2/c1-4-13-5-7-14(8-6-13)17-19-16(22-20-17)10-9-15(21)18-11-12(2)3/h5-8,12H,4,9-11H2,1-3H3,(H,18,21). The van der Waals surface area contributed by atoms with Crippen LogP contribution in [0.4, 0.5) is 0 Å². The Morgan fingerprint density at radius 3 is 2.64 bits per heavy atom. The third-order valence-electron chi connectivity index (χ3n) is 3.36. The van der Waals surface area contributed by atoms with Gasteiger partial charge < -0.3 is 9.84 Å². The number of hydrogen-bond acceptors (Lipinski definition) is 4. The molecule has 2 rings (SSSR count). The van der Waals surface area contributed by atoms with Gasteiger partial charge in [-0.25, -0.2) is 0 Å². The van der Waals surface area contributed by atoms with Crippen LogP contribution in [0.25, 0.3) is 11.4 Å². The van der Waals surface area contributed by atoms with Crippen molar-refractivity contribution in [3.05, 3.63) is 35.7 Å². The molecule has 0 saturated heterocycles. The Hall–Kier alpha value is -2.17. The van der Waals surface area contributed by atoms with Gasteiger partial charge in [0.2, 0.25) is 17.6 Å². The lowest BCUT2D eigenvalue weighted by Gasteiger charge is -2.06. The first kappa shape index (κ1) is 16.2. The van der Waals surface area contributed by atoms with E-state index in [1.54, 1.807) is 0 Å². The monoisotopic (exact) mass is 301 g/mol. The number of aromatic nitrogens is 2. The molecule has 118 valence electrons. The molecule has 1 heterocycles. The van der Waals surface area contributed by atoms with E-state index in [4.69, 9.17) is 4.52 Å². The number of benzene rings is 1. The lowest BCUT2D eigenvalue weighted by Crippen LogP contribution is -2.27. The van der Waals surface area contributed by atoms with Crippen LogP contribution in [0.5, 0.6) is 0 Å². The van der Waals surface area contributed by atoms with Crippen LogP contribution >= 0.6 is 0 Å². The molecule has 0 bridgehead atoms. The van der Waals surface area contributed by atoms with Gasteiger partial charge in [-0.2, -0.15) is 4.98 Å². The van der Waals surface area contributed by atoms with Crippen molar-refractivity contribution in [2.45, 2.75) is 40.0 Å². The van der Waals surface area contributed by atoms with E-state index < -0.39 is 0 Å². The molecule has 0 atom stereocenters. The average molecular weight is 301 g/mol. The number of hydrogen-bond donors (Lipinski definition) is 1. The van der Waals surface area contributed by atoms with E-state index in [9.17, 15) is 4.79 Å². The molecule has 0 spiro atoms. The van der Waals surface area contributed by atoms with Crippen LogP contribution in [-0.2, 0) is 17.6 Å². The third-order valence-corrected chi connectivity index (χ3v) is 3.36. The molecule has 1 amide bonds. The molecule has 1 N–H and O–H groups in total. The molecular weight excluding hydrogens is 278 g/mol. The summed E-state index contributed by atoms with van der Waals surface area (Å²) in [4.78, 5) is 16.0. The van der Waals surface area contributed by atoms with E-state index in [0.29, 0.717) is 37.0 Å². The maximum Gasteiger partial charge on any atom is 0.227 e. The van der Waals surface area contributed by atoms with Crippen molar-refractivity contribution in [2.75, 3.05) is 6.54 Å². The van der Waals surface area contributed by atoms with Crippen LogP contribution in [0.1, 0.15) is 38.6 Å². The fraction of sp³-hybridized carbons (Fsp3) is 0.471. The van der Waals surface area contributed by atoms with Gasteiger partial charge >= 0.3 is 0 Å². The molecule has 22 heavy (non-hydrogen) atoms. The van der Waals surface area contributed by atoms with Gasteiger partial charge in [-0.3, -0.25) is 4.79 Å². The number of nitrogens with one attached hydrogen (secondary N) is 1. The van der Waals surface area contributed by atoms with Crippen molar-refractivity contribution in [1.82, 2.24) is 15.5 Å². The van der Waals surface area contributed by atoms with Crippen LogP contribution in [0, 0.1) is 5.92 Å². The van der Waals surface area contributed by atoms with Gasteiger partial charge in [0.15, 0.2) is 0 Å². The predicted molar refractivity (Wildman–Crippen MR) is 85.3 cm³/mol. The molecule has 2 aromatic rings. The summed E-state index contributed by atoms with van der Waals surface area (Å²) in [5, 5.41) is 6.85. The van der Waals surface area contributed by atoms with E-state index in [0.717, 1.165) is 12.0 Å². The average Bonchev–Trinajstić information content (AvgIpc) is 3.00. The number of carbonyl (C=O) groups excluding carboxylic acids is 1. The van der Waals surface area contributed by atoms with Crippen LogP contribution < -0.4 is 5.32 Å². The Bertz CT molecular complexity index is 603. The fourth-order valence-corrected chi connectivity index (χ4v) is 1.99. The smallest absolute Gasteiger partial charge is 0.227 e. The van der Waals surface area contributed by atoms with Crippen molar-refractivity contribution in [3.8, 4) is 11.4 Å². The van der Waals surface area contributed by atoms with Gasteiger partial charge in [0.05, 0.1) is 0 Å². The summed E-state index contributed by atoms with van der Waals surface area (Å²) in [5.41, 5.74) is 2.20. The molecule has 5 nitrogen and oxygen atoms in total. The second kappa shape index (κ2) is 7.73. The summed E-state index contributed by atoms with van der Waals surface area (Å²) in [7, 11) is 0. The highest BCUT2D eigenvalue weighted by molar-refractivity contribution is 5.76. The summed E-state index contributed by atoms with van der Waals surface area (Å²) in [5.74, 6) is 1.53. The van der Waals surface area contributed by atoms with Gasteiger partial charge in [0.1, 0.15) is 0 Å². The Morgan fingerprint density at radius 2 is 2.00 bits per heavy atom. The summed E-state index contributed by atoms with van der Waals surface area (Å²) >= 11 is 0. The molecule has 0 unspecified atom stereocenters. The molecule has 0 fully saturated rings. The van der Waals surface area contributed by atoms with Crippen LogP contribution in [0.3, 0.4) is 0 Å². The van der Waals surface area contributed by atoms with Gasteiger partial charge in [-0.1, -0.05) is 50.2 Å². The molecule has 0 radical (unpaired) electrons. The van der Waals surface area contributed by atoms with Crippen molar-refractivity contribution < 1.29 is 9.32 Å². The van der Waals surface area contributed by atoms with E-state index in [-0.39, 0.29) is 5.91 Å². The first-order chi connectivity index (χ1) is 10.6. The van der Waals surface area contributed by atoms with Crippen molar-refractivity contribution in [3.63, 3.8) is 0 Å².